The third kappa shape index (κ3) is 7.13. The summed E-state index contributed by atoms with van der Waals surface area (Å²) in [6.07, 6.45) is -4.78. The van der Waals surface area contributed by atoms with Gasteiger partial charge in [0.1, 0.15) is 5.75 Å². The summed E-state index contributed by atoms with van der Waals surface area (Å²) in [5, 5.41) is 3.88. The van der Waals surface area contributed by atoms with Crippen LogP contribution in [0.3, 0.4) is 0 Å². The molecule has 174 valence electrons. The lowest BCUT2D eigenvalue weighted by molar-refractivity contribution is -0.274. The normalized spacial score (nSPS) is 11.3. The van der Waals surface area contributed by atoms with Crippen molar-refractivity contribution in [2.24, 2.45) is 0 Å². The number of hydrogen-bond acceptors (Lipinski definition) is 7. The molecule has 34 heavy (non-hydrogen) atoms. The number of halogens is 3. The van der Waals surface area contributed by atoms with Crippen LogP contribution in [-0.4, -0.2) is 21.3 Å². The highest BCUT2D eigenvalue weighted by atomic mass is 32.2. The fourth-order valence-corrected chi connectivity index (χ4v) is 4.36. The van der Waals surface area contributed by atoms with Gasteiger partial charge >= 0.3 is 6.36 Å². The van der Waals surface area contributed by atoms with Crippen LogP contribution in [0.4, 0.5) is 24.8 Å². The molecule has 4 aromatic rings. The summed E-state index contributed by atoms with van der Waals surface area (Å²) < 4.78 is 41.8. The summed E-state index contributed by atoms with van der Waals surface area (Å²) in [6, 6.07) is 21.4. The molecule has 5 nitrogen and oxygen atoms in total. The van der Waals surface area contributed by atoms with Gasteiger partial charge in [0.25, 0.3) is 0 Å². The molecular weight excluding hydrogens is 481 g/mol. The van der Waals surface area contributed by atoms with Crippen LogP contribution in [0.2, 0.25) is 0 Å². The van der Waals surface area contributed by atoms with Crippen molar-refractivity contribution >= 4 is 35.2 Å². The quantitative estimate of drug-likeness (QED) is 0.283. The largest absolute Gasteiger partial charge is 0.573 e. The van der Waals surface area contributed by atoms with E-state index in [1.165, 1.54) is 41.7 Å². The maximum atomic E-state index is 12.6. The molecule has 0 aliphatic rings. The summed E-state index contributed by atoms with van der Waals surface area (Å²) in [4.78, 5) is 15.4. The first-order valence-electron chi connectivity index (χ1n) is 10.1. The van der Waals surface area contributed by atoms with E-state index in [9.17, 15) is 13.2 Å². The number of nitrogens with one attached hydrogen (secondary N) is 1. The van der Waals surface area contributed by atoms with Crippen LogP contribution in [0.1, 0.15) is 11.1 Å². The molecule has 0 atom stereocenters. The fraction of sp³-hybridized carbons (Fsp3) is 0.125. The number of aryl methyl sites for hydroxylation is 2. The first-order chi connectivity index (χ1) is 16.2. The maximum Gasteiger partial charge on any atom is 0.573 e. The minimum Gasteiger partial charge on any atom is -0.406 e. The molecule has 0 bridgehead atoms. The molecule has 4 rings (SSSR count). The van der Waals surface area contributed by atoms with Crippen molar-refractivity contribution in [1.82, 2.24) is 15.0 Å². The Kier molecular flexibility index (Phi) is 7.28. The number of ether oxygens (including phenoxy) is 1. The minimum atomic E-state index is -4.78. The molecule has 3 aromatic carbocycles. The Bertz CT molecular complexity index is 1200. The molecule has 0 saturated heterocycles. The second-order valence-corrected chi connectivity index (χ2v) is 9.34. The number of hydrogen-bond donors (Lipinski definition) is 1. The molecule has 0 aliphatic carbocycles. The van der Waals surface area contributed by atoms with Crippen molar-refractivity contribution in [2.75, 3.05) is 5.32 Å². The topological polar surface area (TPSA) is 59.9 Å². The zero-order valence-electron chi connectivity index (χ0n) is 18.1. The van der Waals surface area contributed by atoms with E-state index in [0.29, 0.717) is 16.0 Å². The molecule has 1 heterocycles. The van der Waals surface area contributed by atoms with Crippen LogP contribution in [0.5, 0.6) is 5.75 Å². The third-order valence-corrected chi connectivity index (χ3v) is 6.12. The first-order valence-corrected chi connectivity index (χ1v) is 11.7. The van der Waals surface area contributed by atoms with E-state index in [1.807, 2.05) is 62.4 Å². The molecule has 1 N–H and O–H groups in total. The Balaban J connectivity index is 1.62. The molecule has 0 aliphatic heterocycles. The van der Waals surface area contributed by atoms with Crippen LogP contribution in [0.15, 0.2) is 92.9 Å². The zero-order chi connectivity index (χ0) is 24.1. The summed E-state index contributed by atoms with van der Waals surface area (Å²) in [6.45, 7) is 4.01. The lowest BCUT2D eigenvalue weighted by Crippen LogP contribution is -2.17. The van der Waals surface area contributed by atoms with E-state index in [-0.39, 0.29) is 11.7 Å². The van der Waals surface area contributed by atoms with Crippen LogP contribution >= 0.6 is 23.5 Å². The minimum absolute atomic E-state index is 0.211. The predicted molar refractivity (Wildman–Crippen MR) is 127 cm³/mol. The predicted octanol–water partition coefficient (Wildman–Crippen LogP) is 7.43. The summed E-state index contributed by atoms with van der Waals surface area (Å²) in [5.74, 6) is -0.126. The highest BCUT2D eigenvalue weighted by molar-refractivity contribution is 7.99. The summed E-state index contributed by atoms with van der Waals surface area (Å²) in [7, 11) is 0. The van der Waals surface area contributed by atoms with E-state index in [4.69, 9.17) is 0 Å². The third-order valence-electron chi connectivity index (χ3n) is 4.38. The number of alkyl halides is 3. The number of aromatic nitrogens is 3. The summed E-state index contributed by atoms with van der Waals surface area (Å²) >= 11 is 2.74. The molecule has 0 spiro atoms. The average Bonchev–Trinajstić information content (AvgIpc) is 2.76. The van der Waals surface area contributed by atoms with Gasteiger partial charge in [0, 0.05) is 21.5 Å². The number of anilines is 2. The standard InChI is InChI=1S/C24H19F3N4OS2/c1-15-6-10-19(11-7-15)33-22-29-21(28-17-4-3-5-18(14-17)32-24(25,26)27)30-23(31-22)34-20-12-8-16(2)9-13-20/h3-14H,1-2H3,(H,28,29,30,31). The van der Waals surface area contributed by atoms with Gasteiger partial charge in [-0.1, -0.05) is 41.5 Å². The van der Waals surface area contributed by atoms with Crippen molar-refractivity contribution in [3.8, 4) is 5.75 Å². The Morgan fingerprint density at radius 2 is 1.26 bits per heavy atom. The number of nitrogens with zero attached hydrogens (tertiary/aromatic N) is 3. The lowest BCUT2D eigenvalue weighted by Gasteiger charge is -2.11. The van der Waals surface area contributed by atoms with Gasteiger partial charge in [-0.2, -0.15) is 15.0 Å². The van der Waals surface area contributed by atoms with Crippen molar-refractivity contribution in [3.05, 3.63) is 83.9 Å². The van der Waals surface area contributed by atoms with Crippen molar-refractivity contribution in [3.63, 3.8) is 0 Å². The second kappa shape index (κ2) is 10.4. The van der Waals surface area contributed by atoms with E-state index in [2.05, 4.69) is 25.0 Å². The highest BCUT2D eigenvalue weighted by Gasteiger charge is 2.31. The Morgan fingerprint density at radius 3 is 1.76 bits per heavy atom. The molecule has 0 unspecified atom stereocenters. The first kappa shape index (κ1) is 23.9. The van der Waals surface area contributed by atoms with E-state index < -0.39 is 6.36 Å². The fourth-order valence-electron chi connectivity index (χ4n) is 2.81. The Hall–Kier alpha value is -3.24. The van der Waals surface area contributed by atoms with Gasteiger partial charge in [0.05, 0.1) is 0 Å². The van der Waals surface area contributed by atoms with Crippen molar-refractivity contribution in [2.45, 2.75) is 40.3 Å². The van der Waals surface area contributed by atoms with Crippen molar-refractivity contribution < 1.29 is 17.9 Å². The molecule has 1 aromatic heterocycles. The van der Waals surface area contributed by atoms with E-state index in [0.717, 1.165) is 20.9 Å². The highest BCUT2D eigenvalue weighted by Crippen LogP contribution is 2.31. The van der Waals surface area contributed by atoms with Gasteiger partial charge in [0.2, 0.25) is 5.95 Å². The monoisotopic (exact) mass is 500 g/mol. The van der Waals surface area contributed by atoms with Crippen LogP contribution in [-0.2, 0) is 0 Å². The molecule has 10 heteroatoms. The van der Waals surface area contributed by atoms with Crippen LogP contribution < -0.4 is 10.1 Å². The van der Waals surface area contributed by atoms with Gasteiger partial charge in [-0.25, -0.2) is 0 Å². The second-order valence-electron chi connectivity index (χ2n) is 7.26. The number of rotatable bonds is 7. The molecule has 0 saturated carbocycles. The zero-order valence-corrected chi connectivity index (χ0v) is 19.8. The summed E-state index contributed by atoms with van der Waals surface area (Å²) in [5.41, 5.74) is 2.63. The van der Waals surface area contributed by atoms with E-state index in [1.54, 1.807) is 6.07 Å². The van der Waals surface area contributed by atoms with Gasteiger partial charge in [-0.15, -0.1) is 13.2 Å². The van der Waals surface area contributed by atoms with E-state index >= 15 is 0 Å². The Morgan fingerprint density at radius 1 is 0.735 bits per heavy atom. The van der Waals surface area contributed by atoms with Crippen LogP contribution in [0, 0.1) is 13.8 Å². The van der Waals surface area contributed by atoms with Gasteiger partial charge in [-0.05, 0) is 73.8 Å². The Labute approximate surface area is 203 Å². The smallest absolute Gasteiger partial charge is 0.406 e. The molecule has 0 amide bonds. The molecule has 0 fully saturated rings. The SMILES string of the molecule is Cc1ccc(Sc2nc(Nc3cccc(OC(F)(F)F)c3)nc(Sc3ccc(C)cc3)n2)cc1. The lowest BCUT2D eigenvalue weighted by atomic mass is 10.2. The molecular formula is C24H19F3N4OS2. The van der Waals surface area contributed by atoms with Crippen LogP contribution in [0.25, 0.3) is 0 Å². The van der Waals surface area contributed by atoms with Gasteiger partial charge in [-0.3, -0.25) is 0 Å². The average molecular weight is 501 g/mol. The van der Waals surface area contributed by atoms with Gasteiger partial charge < -0.3 is 10.1 Å². The van der Waals surface area contributed by atoms with Crippen molar-refractivity contribution in [1.29, 1.82) is 0 Å². The number of benzene rings is 3. The maximum absolute atomic E-state index is 12.6. The van der Waals surface area contributed by atoms with Gasteiger partial charge in [0.15, 0.2) is 10.3 Å². The molecule has 0 radical (unpaired) electrons.